The quantitative estimate of drug-likeness (QED) is 0.382. The summed E-state index contributed by atoms with van der Waals surface area (Å²) in [4.78, 5) is 11.6. The number of hydrogen-bond acceptors (Lipinski definition) is 6. The second-order valence-electron chi connectivity index (χ2n) is 8.35. The van der Waals surface area contributed by atoms with Gasteiger partial charge < -0.3 is 24.3 Å². The van der Waals surface area contributed by atoms with Crippen LogP contribution in [0.3, 0.4) is 0 Å². The molecule has 0 saturated carbocycles. The molecule has 0 amide bonds. The van der Waals surface area contributed by atoms with Crippen molar-refractivity contribution in [3.8, 4) is 11.4 Å². The Morgan fingerprint density at radius 2 is 1.91 bits per heavy atom. The van der Waals surface area contributed by atoms with Gasteiger partial charge in [-0.25, -0.2) is 18.7 Å². The molecule has 33 heavy (non-hydrogen) atoms. The summed E-state index contributed by atoms with van der Waals surface area (Å²) in [5.41, 5.74) is 1.88. The van der Waals surface area contributed by atoms with E-state index < -0.39 is 20.2 Å². The number of imidazole rings is 1. The molecule has 176 valence electrons. The van der Waals surface area contributed by atoms with Crippen LogP contribution in [0.4, 0.5) is 14.6 Å². The number of anilines is 1. The van der Waals surface area contributed by atoms with E-state index >= 15 is 0 Å². The molecule has 0 bridgehead atoms. The van der Waals surface area contributed by atoms with Crippen molar-refractivity contribution >= 4 is 41.0 Å². The summed E-state index contributed by atoms with van der Waals surface area (Å²) in [6.45, 7) is 4.04. The van der Waals surface area contributed by atoms with E-state index in [1.165, 1.54) is 6.07 Å². The first-order valence-electron chi connectivity index (χ1n) is 10.9. The van der Waals surface area contributed by atoms with E-state index in [-0.39, 0.29) is 23.6 Å². The number of halogens is 3. The van der Waals surface area contributed by atoms with Gasteiger partial charge in [-0.15, -0.1) is 0 Å². The highest BCUT2D eigenvalue weighted by atomic mass is 35.5. The highest BCUT2D eigenvalue weighted by molar-refractivity contribution is 6.63. The third-order valence-corrected chi connectivity index (χ3v) is 6.49. The van der Waals surface area contributed by atoms with Crippen molar-refractivity contribution in [3.63, 3.8) is 0 Å². The predicted molar refractivity (Wildman–Crippen MR) is 125 cm³/mol. The lowest BCUT2D eigenvalue weighted by Gasteiger charge is -2.27. The van der Waals surface area contributed by atoms with Crippen molar-refractivity contribution in [2.45, 2.75) is 51.7 Å². The topological polar surface area (TPSA) is 83.6 Å². The molecule has 4 rings (SSSR count). The Morgan fingerprint density at radius 3 is 2.52 bits per heavy atom. The molecule has 2 aromatic heterocycles. The molecule has 0 unspecified atom stereocenters. The Balaban J connectivity index is 1.71. The fourth-order valence-corrected chi connectivity index (χ4v) is 4.77. The zero-order chi connectivity index (χ0) is 23.7. The van der Waals surface area contributed by atoms with Gasteiger partial charge in [0.25, 0.3) is 6.43 Å². The van der Waals surface area contributed by atoms with Gasteiger partial charge in [0.15, 0.2) is 0 Å². The van der Waals surface area contributed by atoms with E-state index in [0.717, 1.165) is 24.2 Å². The Bertz CT molecular complexity index is 1100. The largest absolute Gasteiger partial charge is 0.490 e. The second kappa shape index (κ2) is 9.93. The first-order valence-corrected chi connectivity index (χ1v) is 11.3. The molecule has 0 spiro atoms. The molecule has 2 N–H and O–H groups in total. The minimum atomic E-state index is -2.54. The van der Waals surface area contributed by atoms with E-state index in [9.17, 15) is 18.8 Å². The third kappa shape index (κ3) is 4.84. The molecule has 1 aliphatic heterocycles. The number of benzene rings is 1. The molecule has 1 fully saturated rings. The lowest BCUT2D eigenvalue weighted by Crippen LogP contribution is -2.33. The monoisotopic (exact) mass is 478 g/mol. The number of fused-ring (bicyclic) bond motifs is 1. The fourth-order valence-electron chi connectivity index (χ4n) is 4.47. The van der Waals surface area contributed by atoms with Crippen LogP contribution in [0.1, 0.15) is 26.7 Å². The summed E-state index contributed by atoms with van der Waals surface area (Å²) in [7, 11) is -1.74. The maximum Gasteiger partial charge on any atom is 0.490 e. The Kier molecular flexibility index (Phi) is 7.18. The van der Waals surface area contributed by atoms with E-state index in [1.807, 2.05) is 16.7 Å². The van der Waals surface area contributed by atoms with Crippen LogP contribution < -0.4 is 10.4 Å². The van der Waals surface area contributed by atoms with Crippen LogP contribution in [0.2, 0.25) is 5.02 Å². The lowest BCUT2D eigenvalue weighted by atomic mass is 9.80. The minimum absolute atomic E-state index is 0.0547. The normalized spacial score (nSPS) is 18.6. The van der Waals surface area contributed by atoms with Crippen LogP contribution in [0.25, 0.3) is 22.4 Å². The molecule has 0 aliphatic carbocycles. The van der Waals surface area contributed by atoms with Gasteiger partial charge in [0.1, 0.15) is 23.8 Å². The molecular weight excluding hydrogens is 453 g/mol. The van der Waals surface area contributed by atoms with Gasteiger partial charge in [-0.3, -0.25) is 0 Å². The molecule has 11 heteroatoms. The molecular formula is C22H26BClF2N4O3. The van der Waals surface area contributed by atoms with Crippen molar-refractivity contribution in [1.29, 1.82) is 0 Å². The standard InChI is InChI=1S/C22H26BClF2N4O3/c1-13-3-4-14(2)30(13)19-8-5-15(11-27-19)22-28-21-17(7-6-16(20(21)24)23(31)32)29(22)9-10-33-12-18(25)26/h5-8,11,13-14,18,31-32H,3-4,9-10,12H2,1-2H3/t13-,14-/m0/s1. The van der Waals surface area contributed by atoms with Crippen LogP contribution >= 0.6 is 11.6 Å². The second-order valence-corrected chi connectivity index (χ2v) is 8.73. The van der Waals surface area contributed by atoms with Gasteiger partial charge >= 0.3 is 7.12 Å². The SMILES string of the molecule is C[C@H]1CC[C@H](C)N1c1ccc(-c2nc3c(Cl)c(B(O)O)ccc3n2CCOCC(F)F)cn1. The maximum atomic E-state index is 12.5. The summed E-state index contributed by atoms with van der Waals surface area (Å²) in [5.74, 6) is 1.43. The molecule has 0 radical (unpaired) electrons. The number of nitrogens with zero attached hydrogens (tertiary/aromatic N) is 4. The third-order valence-electron chi connectivity index (χ3n) is 6.09. The number of hydrogen-bond donors (Lipinski definition) is 2. The summed E-state index contributed by atoms with van der Waals surface area (Å²) >= 11 is 6.41. The molecule has 7 nitrogen and oxygen atoms in total. The lowest BCUT2D eigenvalue weighted by molar-refractivity contribution is 0.0151. The van der Waals surface area contributed by atoms with Crippen molar-refractivity contribution in [1.82, 2.24) is 14.5 Å². The molecule has 3 heterocycles. The van der Waals surface area contributed by atoms with Gasteiger partial charge in [-0.2, -0.15) is 0 Å². The van der Waals surface area contributed by atoms with Gasteiger partial charge in [-0.1, -0.05) is 17.7 Å². The van der Waals surface area contributed by atoms with Gasteiger partial charge in [0, 0.05) is 35.9 Å². The van der Waals surface area contributed by atoms with Gasteiger partial charge in [-0.05, 0) is 44.9 Å². The average Bonchev–Trinajstić information content (AvgIpc) is 3.31. The summed E-state index contributed by atoms with van der Waals surface area (Å²) in [6.07, 6.45) is 1.44. The van der Waals surface area contributed by atoms with E-state index in [1.54, 1.807) is 12.3 Å². The highest BCUT2D eigenvalue weighted by Crippen LogP contribution is 2.32. The number of aromatic nitrogens is 3. The fraction of sp³-hybridized carbons (Fsp3) is 0.455. The predicted octanol–water partition coefficient (Wildman–Crippen LogP) is 3.09. The Morgan fingerprint density at radius 1 is 1.18 bits per heavy atom. The number of alkyl halides is 2. The molecule has 3 aromatic rings. The summed E-state index contributed by atoms with van der Waals surface area (Å²) < 4.78 is 31.8. The van der Waals surface area contributed by atoms with Crippen LogP contribution in [0.5, 0.6) is 0 Å². The summed E-state index contributed by atoms with van der Waals surface area (Å²) in [5, 5.41) is 19.3. The zero-order valence-corrected chi connectivity index (χ0v) is 19.2. The van der Waals surface area contributed by atoms with Crippen LogP contribution in [0, 0.1) is 0 Å². The molecule has 1 aromatic carbocycles. The van der Waals surface area contributed by atoms with E-state index in [2.05, 4.69) is 28.7 Å². The smallest absolute Gasteiger partial charge is 0.423 e. The first-order chi connectivity index (χ1) is 15.8. The number of rotatable bonds is 8. The van der Waals surface area contributed by atoms with Crippen molar-refractivity contribution < 1.29 is 23.6 Å². The Hall–Kier alpha value is -2.27. The van der Waals surface area contributed by atoms with E-state index in [4.69, 9.17) is 16.3 Å². The number of ether oxygens (including phenoxy) is 1. The Labute approximate surface area is 196 Å². The van der Waals surface area contributed by atoms with Crippen LogP contribution in [-0.2, 0) is 11.3 Å². The van der Waals surface area contributed by atoms with Crippen molar-refractivity contribution in [2.24, 2.45) is 0 Å². The highest BCUT2D eigenvalue weighted by Gasteiger charge is 2.28. The number of pyridine rings is 1. The molecule has 1 aliphatic rings. The van der Waals surface area contributed by atoms with Crippen LogP contribution in [-0.4, -0.2) is 63.4 Å². The summed E-state index contributed by atoms with van der Waals surface area (Å²) in [6, 6.07) is 7.89. The minimum Gasteiger partial charge on any atom is -0.423 e. The van der Waals surface area contributed by atoms with Crippen molar-refractivity contribution in [2.75, 3.05) is 18.1 Å². The van der Waals surface area contributed by atoms with Gasteiger partial charge in [0.05, 0.1) is 17.1 Å². The first kappa shape index (κ1) is 23.9. The van der Waals surface area contributed by atoms with Crippen molar-refractivity contribution in [3.05, 3.63) is 35.5 Å². The zero-order valence-electron chi connectivity index (χ0n) is 18.5. The maximum absolute atomic E-state index is 12.5. The van der Waals surface area contributed by atoms with E-state index in [0.29, 0.717) is 28.9 Å². The van der Waals surface area contributed by atoms with Gasteiger partial charge in [0.2, 0.25) is 0 Å². The van der Waals surface area contributed by atoms with Crippen LogP contribution in [0.15, 0.2) is 30.5 Å². The average molecular weight is 479 g/mol. The molecule has 2 atom stereocenters. The molecule has 1 saturated heterocycles.